The highest BCUT2D eigenvalue weighted by atomic mass is 35.5. The normalized spacial score (nSPS) is 24.9. The average molecular weight is 230 g/mol. The second-order valence-electron chi connectivity index (χ2n) is 4.88. The molecule has 0 spiro atoms. The Hall–Kier alpha value is -0.240. The number of halogens is 1. The molecule has 0 N–H and O–H groups in total. The summed E-state index contributed by atoms with van der Waals surface area (Å²) < 4.78 is 0. The van der Waals surface area contributed by atoms with E-state index in [0.29, 0.717) is 12.1 Å². The Bertz CT molecular complexity index is 232. The van der Waals surface area contributed by atoms with Crippen LogP contribution in [0.25, 0.3) is 0 Å². The van der Waals surface area contributed by atoms with Crippen molar-refractivity contribution < 1.29 is 4.79 Å². The van der Waals surface area contributed by atoms with Crippen molar-refractivity contribution in [2.24, 2.45) is 0 Å². The summed E-state index contributed by atoms with van der Waals surface area (Å²) in [5.74, 6) is 0.158. The van der Waals surface area contributed by atoms with Gasteiger partial charge in [0.25, 0.3) is 0 Å². The van der Waals surface area contributed by atoms with E-state index in [1.165, 1.54) is 44.9 Å². The molecule has 15 heavy (non-hydrogen) atoms. The average Bonchev–Trinajstić information content (AvgIpc) is 3.04. The van der Waals surface area contributed by atoms with Crippen molar-refractivity contribution in [3.63, 3.8) is 0 Å². The van der Waals surface area contributed by atoms with Crippen LogP contribution in [0.15, 0.2) is 0 Å². The second kappa shape index (κ2) is 4.73. The molecule has 0 bridgehead atoms. The molecule has 0 heterocycles. The maximum absolute atomic E-state index is 12.0. The van der Waals surface area contributed by atoms with Crippen LogP contribution >= 0.6 is 11.6 Å². The number of nitrogens with zero attached hydrogens (tertiary/aromatic N) is 1. The lowest BCUT2D eigenvalue weighted by Crippen LogP contribution is -2.45. The fraction of sp³-hybridized carbons (Fsp3) is 0.917. The zero-order valence-electron chi connectivity index (χ0n) is 9.42. The van der Waals surface area contributed by atoms with E-state index in [1.807, 2.05) is 0 Å². The van der Waals surface area contributed by atoms with Crippen LogP contribution in [0.4, 0.5) is 0 Å². The van der Waals surface area contributed by atoms with Gasteiger partial charge in [0.15, 0.2) is 0 Å². The molecule has 2 aliphatic rings. The number of hydrogen-bond acceptors (Lipinski definition) is 1. The molecule has 2 aliphatic carbocycles. The Labute approximate surface area is 97.0 Å². The van der Waals surface area contributed by atoms with Gasteiger partial charge < -0.3 is 4.90 Å². The summed E-state index contributed by atoms with van der Waals surface area (Å²) in [4.78, 5) is 14.1. The Morgan fingerprint density at radius 2 is 1.67 bits per heavy atom. The van der Waals surface area contributed by atoms with Crippen molar-refractivity contribution in [3.05, 3.63) is 0 Å². The van der Waals surface area contributed by atoms with Gasteiger partial charge in [-0.25, -0.2) is 0 Å². The maximum atomic E-state index is 12.0. The molecule has 2 fully saturated rings. The second-order valence-corrected chi connectivity index (χ2v) is 5.54. The molecule has 0 aromatic rings. The Morgan fingerprint density at radius 3 is 2.13 bits per heavy atom. The van der Waals surface area contributed by atoms with Gasteiger partial charge in [-0.3, -0.25) is 4.79 Å². The van der Waals surface area contributed by atoms with Crippen LogP contribution in [-0.2, 0) is 4.79 Å². The van der Waals surface area contributed by atoms with Gasteiger partial charge in [0.1, 0.15) is 5.38 Å². The predicted molar refractivity (Wildman–Crippen MR) is 62.1 cm³/mol. The highest BCUT2D eigenvalue weighted by molar-refractivity contribution is 6.30. The monoisotopic (exact) mass is 229 g/mol. The first-order chi connectivity index (χ1) is 7.20. The number of carbonyl (C=O) groups excluding carboxylic acids is 1. The van der Waals surface area contributed by atoms with Crippen LogP contribution in [0.1, 0.15) is 51.9 Å². The molecule has 2 rings (SSSR count). The molecule has 2 nitrogen and oxygen atoms in total. The van der Waals surface area contributed by atoms with E-state index in [-0.39, 0.29) is 11.3 Å². The summed E-state index contributed by atoms with van der Waals surface area (Å²) in [6, 6.07) is 1.00. The maximum Gasteiger partial charge on any atom is 0.240 e. The fourth-order valence-corrected chi connectivity index (χ4v) is 2.69. The van der Waals surface area contributed by atoms with Gasteiger partial charge in [0.2, 0.25) is 5.91 Å². The van der Waals surface area contributed by atoms with E-state index >= 15 is 0 Å². The summed E-state index contributed by atoms with van der Waals surface area (Å²) in [5, 5.41) is -0.354. The lowest BCUT2D eigenvalue weighted by molar-refractivity contribution is -0.134. The first-order valence-electron chi connectivity index (χ1n) is 6.16. The van der Waals surface area contributed by atoms with Crippen molar-refractivity contribution in [1.82, 2.24) is 4.90 Å². The van der Waals surface area contributed by atoms with Crippen LogP contribution in [0.5, 0.6) is 0 Å². The van der Waals surface area contributed by atoms with Gasteiger partial charge in [-0.1, -0.05) is 19.3 Å². The number of carbonyl (C=O) groups is 1. The largest absolute Gasteiger partial charge is 0.335 e. The van der Waals surface area contributed by atoms with Crippen molar-refractivity contribution >= 4 is 17.5 Å². The molecular formula is C12H20ClNO. The zero-order chi connectivity index (χ0) is 10.8. The molecule has 2 saturated carbocycles. The van der Waals surface area contributed by atoms with E-state index in [0.717, 1.165) is 0 Å². The third-order valence-electron chi connectivity index (χ3n) is 3.50. The summed E-state index contributed by atoms with van der Waals surface area (Å²) in [6.07, 6.45) is 8.63. The number of alkyl halides is 1. The van der Waals surface area contributed by atoms with Gasteiger partial charge in [-0.05, 0) is 32.6 Å². The molecule has 3 heteroatoms. The highest BCUT2D eigenvalue weighted by Crippen LogP contribution is 2.34. The minimum absolute atomic E-state index is 0.158. The summed E-state index contributed by atoms with van der Waals surface area (Å²) >= 11 is 5.92. The highest BCUT2D eigenvalue weighted by Gasteiger charge is 2.38. The van der Waals surface area contributed by atoms with Gasteiger partial charge in [-0.15, -0.1) is 11.6 Å². The molecule has 0 aromatic carbocycles. The molecule has 86 valence electrons. The molecule has 0 radical (unpaired) electrons. The standard InChI is InChI=1S/C12H20ClNO/c1-9(13)12(15)14(11-7-8-11)10-5-3-2-4-6-10/h9-11H,2-8H2,1H3. The quantitative estimate of drug-likeness (QED) is 0.682. The van der Waals surface area contributed by atoms with Gasteiger partial charge in [0.05, 0.1) is 0 Å². The Balaban J connectivity index is 2.01. The van der Waals surface area contributed by atoms with E-state index < -0.39 is 0 Å². The van der Waals surface area contributed by atoms with Crippen LogP contribution < -0.4 is 0 Å². The lowest BCUT2D eigenvalue weighted by atomic mass is 9.94. The summed E-state index contributed by atoms with van der Waals surface area (Å²) in [7, 11) is 0. The number of hydrogen-bond donors (Lipinski definition) is 0. The minimum Gasteiger partial charge on any atom is -0.335 e. The molecule has 0 aliphatic heterocycles. The van der Waals surface area contributed by atoms with Crippen molar-refractivity contribution in [2.45, 2.75) is 69.3 Å². The molecular weight excluding hydrogens is 210 g/mol. The minimum atomic E-state index is -0.354. The fourth-order valence-electron chi connectivity index (χ4n) is 2.58. The van der Waals surface area contributed by atoms with Crippen molar-refractivity contribution in [2.75, 3.05) is 0 Å². The van der Waals surface area contributed by atoms with Crippen molar-refractivity contribution in [3.8, 4) is 0 Å². The lowest BCUT2D eigenvalue weighted by Gasteiger charge is -2.35. The Kier molecular flexibility index (Phi) is 3.55. The van der Waals surface area contributed by atoms with E-state index in [4.69, 9.17) is 11.6 Å². The predicted octanol–water partition coefficient (Wildman–Crippen LogP) is 2.94. The van der Waals surface area contributed by atoms with Crippen LogP contribution in [-0.4, -0.2) is 28.3 Å². The van der Waals surface area contributed by atoms with Crippen LogP contribution in [0, 0.1) is 0 Å². The summed E-state index contributed by atoms with van der Waals surface area (Å²) in [6.45, 7) is 1.79. The molecule has 1 amide bonds. The zero-order valence-corrected chi connectivity index (χ0v) is 10.2. The Morgan fingerprint density at radius 1 is 1.13 bits per heavy atom. The molecule has 0 saturated heterocycles. The van der Waals surface area contributed by atoms with E-state index in [2.05, 4.69) is 4.90 Å². The first-order valence-corrected chi connectivity index (χ1v) is 6.60. The first kappa shape index (κ1) is 11.3. The van der Waals surface area contributed by atoms with E-state index in [9.17, 15) is 4.79 Å². The van der Waals surface area contributed by atoms with Gasteiger partial charge in [0, 0.05) is 12.1 Å². The number of rotatable bonds is 3. The summed E-state index contributed by atoms with van der Waals surface area (Å²) in [5.41, 5.74) is 0. The molecule has 1 atom stereocenters. The third-order valence-corrected chi connectivity index (χ3v) is 3.69. The van der Waals surface area contributed by atoms with Gasteiger partial charge >= 0.3 is 0 Å². The van der Waals surface area contributed by atoms with E-state index in [1.54, 1.807) is 6.92 Å². The van der Waals surface area contributed by atoms with Gasteiger partial charge in [-0.2, -0.15) is 0 Å². The molecule has 0 aromatic heterocycles. The SMILES string of the molecule is CC(Cl)C(=O)N(C1CCCCC1)C1CC1. The molecule has 1 unspecified atom stereocenters. The van der Waals surface area contributed by atoms with Crippen LogP contribution in [0.2, 0.25) is 0 Å². The van der Waals surface area contributed by atoms with Crippen molar-refractivity contribution in [1.29, 1.82) is 0 Å². The smallest absolute Gasteiger partial charge is 0.240 e. The topological polar surface area (TPSA) is 20.3 Å². The third kappa shape index (κ3) is 2.66. The van der Waals surface area contributed by atoms with Crippen LogP contribution in [0.3, 0.4) is 0 Å². The number of amides is 1.